The Hall–Kier alpha value is -5.37. The molecule has 13 nitrogen and oxygen atoms in total. The highest BCUT2D eigenvalue weighted by Gasteiger charge is 2.18. The molecule has 0 aliphatic heterocycles. The number of hydrogen-bond donors (Lipinski definition) is 1. The molecule has 0 unspecified atom stereocenters. The van der Waals surface area contributed by atoms with Crippen molar-refractivity contribution < 1.29 is 37.9 Å². The van der Waals surface area contributed by atoms with Gasteiger partial charge in [-0.1, -0.05) is 16.5 Å². The molecule has 0 bridgehead atoms. The summed E-state index contributed by atoms with van der Waals surface area (Å²) < 4.78 is 33.7. The third-order valence-electron chi connectivity index (χ3n) is 6.11. The maximum absolute atomic E-state index is 12.6. The fourth-order valence-electron chi connectivity index (χ4n) is 4.10. The van der Waals surface area contributed by atoms with Gasteiger partial charge in [0.25, 0.3) is 11.6 Å². The monoisotopic (exact) mass is 592 g/mol. The standard InChI is InChI=1S/C28H24N4O9S/c1-36-20-7-5-15(21-13-18(31-41-21)16-10-23(37-2)27(39-4)24(11-16)38-3)9-22(20)40-14-26(33)30-28-29-19-12-17(32(34)35)6-8-25(19)42-28/h5-13H,14H2,1-4H3,(H,29,30,33). The number of nitrogens with zero attached hydrogens (tertiary/aromatic N) is 3. The van der Waals surface area contributed by atoms with Gasteiger partial charge in [0.05, 0.1) is 43.6 Å². The number of amides is 1. The van der Waals surface area contributed by atoms with Crippen molar-refractivity contribution in [3.05, 3.63) is 64.7 Å². The van der Waals surface area contributed by atoms with E-state index in [1.807, 2.05) is 0 Å². The average Bonchev–Trinajstić information content (AvgIpc) is 3.66. The van der Waals surface area contributed by atoms with Gasteiger partial charge < -0.3 is 28.2 Å². The number of methoxy groups -OCH3 is 4. The van der Waals surface area contributed by atoms with E-state index < -0.39 is 10.8 Å². The van der Waals surface area contributed by atoms with Crippen LogP contribution in [0.5, 0.6) is 28.7 Å². The van der Waals surface area contributed by atoms with Crippen LogP contribution in [0.4, 0.5) is 10.8 Å². The molecule has 1 amide bonds. The van der Waals surface area contributed by atoms with Gasteiger partial charge in [-0.15, -0.1) is 0 Å². The van der Waals surface area contributed by atoms with Crippen LogP contribution in [0.1, 0.15) is 0 Å². The molecule has 0 aliphatic rings. The van der Waals surface area contributed by atoms with Crippen molar-refractivity contribution in [1.82, 2.24) is 10.1 Å². The first-order valence-corrected chi connectivity index (χ1v) is 13.1. The number of nitrogens with one attached hydrogen (secondary N) is 1. The summed E-state index contributed by atoms with van der Waals surface area (Å²) in [7, 11) is 6.07. The quantitative estimate of drug-likeness (QED) is 0.151. The molecule has 2 aromatic heterocycles. The first-order chi connectivity index (χ1) is 20.3. The van der Waals surface area contributed by atoms with Crippen molar-refractivity contribution >= 4 is 38.3 Å². The lowest BCUT2D eigenvalue weighted by Crippen LogP contribution is -2.20. The van der Waals surface area contributed by atoms with E-state index in [0.29, 0.717) is 66.7 Å². The number of carbonyl (C=O) groups is 1. The fraction of sp³-hybridized carbons (Fsp3) is 0.179. The van der Waals surface area contributed by atoms with Gasteiger partial charge in [-0.25, -0.2) is 4.98 Å². The van der Waals surface area contributed by atoms with Crippen molar-refractivity contribution in [3.8, 4) is 51.3 Å². The second-order valence-electron chi connectivity index (χ2n) is 8.62. The number of fused-ring (bicyclic) bond motifs is 1. The number of carbonyl (C=O) groups excluding carboxylic acids is 1. The van der Waals surface area contributed by atoms with Crippen LogP contribution in [0, 0.1) is 10.1 Å². The summed E-state index contributed by atoms with van der Waals surface area (Å²) >= 11 is 1.19. The van der Waals surface area contributed by atoms with Gasteiger partial charge in [-0.2, -0.15) is 0 Å². The minimum Gasteiger partial charge on any atom is -0.493 e. The number of thiazole rings is 1. The van der Waals surface area contributed by atoms with E-state index in [0.717, 1.165) is 0 Å². The summed E-state index contributed by atoms with van der Waals surface area (Å²) in [4.78, 5) is 27.4. The molecule has 0 saturated heterocycles. The lowest BCUT2D eigenvalue weighted by Gasteiger charge is -2.13. The predicted molar refractivity (Wildman–Crippen MR) is 154 cm³/mol. The van der Waals surface area contributed by atoms with Crippen LogP contribution >= 0.6 is 11.3 Å². The minimum absolute atomic E-state index is 0.0803. The Morgan fingerprint density at radius 2 is 1.62 bits per heavy atom. The Bertz CT molecular complexity index is 1760. The van der Waals surface area contributed by atoms with Gasteiger partial charge >= 0.3 is 0 Å². The average molecular weight is 593 g/mol. The zero-order chi connectivity index (χ0) is 29.8. The molecule has 1 N–H and O–H groups in total. The van der Waals surface area contributed by atoms with Crippen LogP contribution in [0.2, 0.25) is 0 Å². The van der Waals surface area contributed by atoms with Crippen LogP contribution in [-0.2, 0) is 4.79 Å². The maximum atomic E-state index is 12.6. The van der Waals surface area contributed by atoms with E-state index in [-0.39, 0.29) is 12.3 Å². The van der Waals surface area contributed by atoms with Crippen molar-refractivity contribution in [3.63, 3.8) is 0 Å². The molecular formula is C28H24N4O9S. The molecule has 0 atom stereocenters. The highest BCUT2D eigenvalue weighted by atomic mass is 32.1. The largest absolute Gasteiger partial charge is 0.493 e. The number of hydrogen-bond acceptors (Lipinski definition) is 12. The number of benzene rings is 3. The molecule has 14 heteroatoms. The van der Waals surface area contributed by atoms with Gasteiger partial charge in [-0.3, -0.25) is 20.2 Å². The summed E-state index contributed by atoms with van der Waals surface area (Å²) in [5, 5.41) is 18.2. The topological polar surface area (TPSA) is 157 Å². The predicted octanol–water partition coefficient (Wildman–Crippen LogP) is 5.58. The van der Waals surface area contributed by atoms with E-state index in [4.69, 9.17) is 28.2 Å². The number of rotatable bonds is 11. The Labute approximate surface area is 242 Å². The molecule has 5 rings (SSSR count). The van der Waals surface area contributed by atoms with E-state index in [1.54, 1.807) is 42.5 Å². The summed E-state index contributed by atoms with van der Waals surface area (Å²) in [6.07, 6.45) is 0. The molecule has 42 heavy (non-hydrogen) atoms. The minimum atomic E-state index is -0.501. The number of nitro benzene ring substituents is 1. The molecule has 2 heterocycles. The zero-order valence-corrected chi connectivity index (χ0v) is 23.6. The molecule has 0 spiro atoms. The van der Waals surface area contributed by atoms with Gasteiger partial charge in [0, 0.05) is 29.3 Å². The Kier molecular flexibility index (Phi) is 8.06. The number of nitro groups is 1. The number of aromatic nitrogens is 2. The molecule has 5 aromatic rings. The second-order valence-corrected chi connectivity index (χ2v) is 9.65. The fourth-order valence-corrected chi connectivity index (χ4v) is 4.96. The van der Waals surface area contributed by atoms with Crippen molar-refractivity contribution in [2.75, 3.05) is 40.4 Å². The molecule has 0 fully saturated rings. The summed E-state index contributed by atoms with van der Waals surface area (Å²) in [5.41, 5.74) is 2.18. The molecule has 0 aliphatic carbocycles. The van der Waals surface area contributed by atoms with Gasteiger partial charge in [0.2, 0.25) is 5.75 Å². The first kappa shape index (κ1) is 28.2. The van der Waals surface area contributed by atoms with Crippen LogP contribution in [0.15, 0.2) is 59.1 Å². The Morgan fingerprint density at radius 1 is 0.905 bits per heavy atom. The number of anilines is 1. The van der Waals surface area contributed by atoms with Crippen LogP contribution in [0.3, 0.4) is 0 Å². The second kappa shape index (κ2) is 12.0. The molecule has 0 radical (unpaired) electrons. The van der Waals surface area contributed by atoms with Crippen LogP contribution in [0.25, 0.3) is 32.8 Å². The number of non-ortho nitro benzene ring substituents is 1. The van der Waals surface area contributed by atoms with E-state index in [2.05, 4.69) is 15.5 Å². The normalized spacial score (nSPS) is 10.8. The summed E-state index contributed by atoms with van der Waals surface area (Å²) in [6.45, 7) is -0.344. The lowest BCUT2D eigenvalue weighted by molar-refractivity contribution is -0.384. The Balaban J connectivity index is 1.32. The van der Waals surface area contributed by atoms with E-state index in [1.165, 1.54) is 51.9 Å². The molecular weight excluding hydrogens is 568 g/mol. The van der Waals surface area contributed by atoms with E-state index >= 15 is 0 Å². The summed E-state index contributed by atoms with van der Waals surface area (Å²) in [5.74, 6) is 2.09. The van der Waals surface area contributed by atoms with Gasteiger partial charge in [0.15, 0.2) is 40.5 Å². The van der Waals surface area contributed by atoms with Gasteiger partial charge in [0.1, 0.15) is 5.69 Å². The van der Waals surface area contributed by atoms with E-state index in [9.17, 15) is 14.9 Å². The SMILES string of the molecule is COc1ccc(-c2cc(-c3cc(OC)c(OC)c(OC)c3)no2)cc1OCC(=O)Nc1nc2cc([N+](=O)[O-])ccc2s1. The van der Waals surface area contributed by atoms with Crippen molar-refractivity contribution in [1.29, 1.82) is 0 Å². The highest BCUT2D eigenvalue weighted by Crippen LogP contribution is 2.42. The molecule has 3 aromatic carbocycles. The molecule has 0 saturated carbocycles. The maximum Gasteiger partial charge on any atom is 0.271 e. The third kappa shape index (κ3) is 5.74. The van der Waals surface area contributed by atoms with Gasteiger partial charge in [-0.05, 0) is 36.4 Å². The smallest absolute Gasteiger partial charge is 0.271 e. The third-order valence-corrected chi connectivity index (χ3v) is 7.06. The lowest BCUT2D eigenvalue weighted by atomic mass is 10.1. The van der Waals surface area contributed by atoms with Crippen LogP contribution in [-0.4, -0.2) is 56.0 Å². The zero-order valence-electron chi connectivity index (χ0n) is 22.8. The van der Waals surface area contributed by atoms with Crippen LogP contribution < -0.4 is 29.0 Å². The molecule has 216 valence electrons. The number of ether oxygens (including phenoxy) is 5. The highest BCUT2D eigenvalue weighted by molar-refractivity contribution is 7.22. The van der Waals surface area contributed by atoms with Crippen molar-refractivity contribution in [2.24, 2.45) is 0 Å². The summed E-state index contributed by atoms with van der Waals surface area (Å²) in [6, 6.07) is 14.7. The Morgan fingerprint density at radius 3 is 2.29 bits per heavy atom. The van der Waals surface area contributed by atoms with Crippen molar-refractivity contribution in [2.45, 2.75) is 0 Å². The first-order valence-electron chi connectivity index (χ1n) is 12.3.